The van der Waals surface area contributed by atoms with E-state index in [1.807, 2.05) is 71.9 Å². The van der Waals surface area contributed by atoms with Crippen LogP contribution in [0.1, 0.15) is 47.1 Å². The first kappa shape index (κ1) is 23.5. The summed E-state index contributed by atoms with van der Waals surface area (Å²) < 4.78 is 6.14. The molecule has 0 N–H and O–H groups in total. The van der Waals surface area contributed by atoms with Crippen LogP contribution < -0.4 is 4.74 Å². The van der Waals surface area contributed by atoms with E-state index in [-0.39, 0.29) is 0 Å². The fraction of sp³-hybridized carbons (Fsp3) is 0.280. The first-order chi connectivity index (χ1) is 12.7. The Balaban J connectivity index is 0.00000146. The van der Waals surface area contributed by atoms with Crippen LogP contribution in [0.4, 0.5) is 0 Å². The second-order valence-corrected chi connectivity index (χ2v) is 5.20. The molecular weight excluding hydrogens is 316 g/mol. The zero-order chi connectivity index (χ0) is 19.9. The highest BCUT2D eigenvalue weighted by Gasteiger charge is 2.09. The lowest BCUT2D eigenvalue weighted by molar-refractivity contribution is 0.438. The number of rotatable bonds is 5. The Morgan fingerprint density at radius 1 is 0.923 bits per heavy atom. The van der Waals surface area contributed by atoms with E-state index in [0.29, 0.717) is 0 Å². The first-order valence-electron chi connectivity index (χ1n) is 9.45. The highest BCUT2D eigenvalue weighted by atomic mass is 16.5. The Bertz CT molecular complexity index is 703. The van der Waals surface area contributed by atoms with Crippen molar-refractivity contribution in [2.24, 2.45) is 0 Å². The zero-order valence-corrected chi connectivity index (χ0v) is 17.5. The van der Waals surface area contributed by atoms with Gasteiger partial charge in [0, 0.05) is 5.56 Å². The highest BCUT2D eigenvalue weighted by molar-refractivity contribution is 5.70. The van der Waals surface area contributed by atoms with E-state index < -0.39 is 0 Å². The molecule has 0 saturated heterocycles. The Kier molecular flexibility index (Phi) is 12.4. The molecule has 0 bridgehead atoms. The zero-order valence-electron chi connectivity index (χ0n) is 17.5. The van der Waals surface area contributed by atoms with Crippen LogP contribution in [0.25, 0.3) is 11.1 Å². The molecule has 1 heteroatoms. The topological polar surface area (TPSA) is 9.23 Å². The van der Waals surface area contributed by atoms with Gasteiger partial charge in [-0.3, -0.25) is 0 Å². The molecule has 0 amide bonds. The van der Waals surface area contributed by atoms with Gasteiger partial charge in [0.2, 0.25) is 0 Å². The Hall–Kier alpha value is -2.54. The number of allylic oxidation sites excluding steroid dienone is 4. The molecule has 140 valence electrons. The molecule has 0 aliphatic heterocycles. The SMILES string of the molecule is C=C/C=C(Oc1ccccc1-c1ccc(C)cc1)\C(C)=C/C.CC.CC. The lowest BCUT2D eigenvalue weighted by Gasteiger charge is -2.14. The van der Waals surface area contributed by atoms with Crippen LogP contribution in [0.5, 0.6) is 5.75 Å². The Morgan fingerprint density at radius 3 is 2.04 bits per heavy atom. The van der Waals surface area contributed by atoms with E-state index in [1.54, 1.807) is 6.08 Å². The van der Waals surface area contributed by atoms with Gasteiger partial charge < -0.3 is 4.74 Å². The van der Waals surface area contributed by atoms with Gasteiger partial charge in [-0.2, -0.15) is 0 Å². The van der Waals surface area contributed by atoms with Crippen molar-refractivity contribution < 1.29 is 4.74 Å². The van der Waals surface area contributed by atoms with Crippen molar-refractivity contribution in [2.75, 3.05) is 0 Å². The molecule has 0 atom stereocenters. The van der Waals surface area contributed by atoms with Gasteiger partial charge in [0.15, 0.2) is 0 Å². The third kappa shape index (κ3) is 7.14. The minimum absolute atomic E-state index is 0.817. The standard InChI is InChI=1S/C21H22O.2C2H6/c1-5-9-20(17(4)6-2)22-21-11-8-7-10-19(21)18-14-12-16(3)13-15-18;2*1-2/h5-15H,1H2,2-4H3;2*1-2H3/b17-6-,20-9+;;. The lowest BCUT2D eigenvalue weighted by atomic mass is 10.0. The predicted molar refractivity (Wildman–Crippen MR) is 118 cm³/mol. The van der Waals surface area contributed by atoms with Crippen molar-refractivity contribution in [3.8, 4) is 16.9 Å². The molecule has 0 unspecified atom stereocenters. The number of aryl methyl sites for hydroxylation is 1. The Morgan fingerprint density at radius 2 is 1.50 bits per heavy atom. The minimum atomic E-state index is 0.817. The maximum Gasteiger partial charge on any atom is 0.135 e. The molecule has 2 aromatic rings. The van der Waals surface area contributed by atoms with Crippen LogP contribution >= 0.6 is 0 Å². The Labute approximate surface area is 160 Å². The van der Waals surface area contributed by atoms with Crippen molar-refractivity contribution in [3.05, 3.63) is 90.2 Å². The lowest BCUT2D eigenvalue weighted by Crippen LogP contribution is -1.98. The first-order valence-corrected chi connectivity index (χ1v) is 9.45. The maximum atomic E-state index is 6.14. The van der Waals surface area contributed by atoms with Crippen molar-refractivity contribution in [2.45, 2.75) is 48.5 Å². The number of hydrogen-bond donors (Lipinski definition) is 0. The molecular formula is C25H34O. The molecule has 2 aromatic carbocycles. The van der Waals surface area contributed by atoms with Gasteiger partial charge >= 0.3 is 0 Å². The monoisotopic (exact) mass is 350 g/mol. The van der Waals surface area contributed by atoms with E-state index >= 15 is 0 Å². The van der Waals surface area contributed by atoms with Crippen LogP contribution in [-0.4, -0.2) is 0 Å². The highest BCUT2D eigenvalue weighted by Crippen LogP contribution is 2.32. The summed E-state index contributed by atoms with van der Waals surface area (Å²) in [5, 5.41) is 0. The van der Waals surface area contributed by atoms with Crippen LogP contribution in [0.3, 0.4) is 0 Å². The average Bonchev–Trinajstić information content (AvgIpc) is 2.71. The van der Waals surface area contributed by atoms with Gasteiger partial charge in [-0.1, -0.05) is 94.5 Å². The maximum absolute atomic E-state index is 6.14. The van der Waals surface area contributed by atoms with E-state index in [9.17, 15) is 0 Å². The molecule has 0 aromatic heterocycles. The van der Waals surface area contributed by atoms with E-state index in [1.165, 1.54) is 5.56 Å². The fourth-order valence-electron chi connectivity index (χ4n) is 2.14. The summed E-state index contributed by atoms with van der Waals surface area (Å²) >= 11 is 0. The van der Waals surface area contributed by atoms with E-state index in [0.717, 1.165) is 28.2 Å². The van der Waals surface area contributed by atoms with Crippen LogP contribution in [0.2, 0.25) is 0 Å². The molecule has 2 rings (SSSR count). The van der Waals surface area contributed by atoms with Gasteiger partial charge in [-0.15, -0.1) is 0 Å². The van der Waals surface area contributed by atoms with Crippen molar-refractivity contribution in [1.29, 1.82) is 0 Å². The fourth-order valence-corrected chi connectivity index (χ4v) is 2.14. The van der Waals surface area contributed by atoms with Gasteiger partial charge in [-0.25, -0.2) is 0 Å². The molecule has 0 aliphatic rings. The quantitative estimate of drug-likeness (QED) is 0.390. The number of benzene rings is 2. The van der Waals surface area contributed by atoms with Crippen LogP contribution in [0, 0.1) is 6.92 Å². The van der Waals surface area contributed by atoms with E-state index in [4.69, 9.17) is 4.74 Å². The summed E-state index contributed by atoms with van der Waals surface area (Å²) in [6, 6.07) is 16.6. The van der Waals surface area contributed by atoms with E-state index in [2.05, 4.69) is 43.8 Å². The summed E-state index contributed by atoms with van der Waals surface area (Å²) in [6.45, 7) is 17.9. The molecule has 0 fully saturated rings. The van der Waals surface area contributed by atoms with Crippen molar-refractivity contribution in [3.63, 3.8) is 0 Å². The number of ether oxygens (including phenoxy) is 1. The third-order valence-electron chi connectivity index (χ3n) is 3.56. The normalized spacial score (nSPS) is 10.7. The molecule has 0 saturated carbocycles. The molecule has 0 aliphatic carbocycles. The number of hydrogen-bond acceptors (Lipinski definition) is 1. The summed E-state index contributed by atoms with van der Waals surface area (Å²) in [7, 11) is 0. The van der Waals surface area contributed by atoms with Crippen molar-refractivity contribution in [1.82, 2.24) is 0 Å². The molecule has 0 heterocycles. The summed E-state index contributed by atoms with van der Waals surface area (Å²) in [5.74, 6) is 1.66. The summed E-state index contributed by atoms with van der Waals surface area (Å²) in [5.41, 5.74) is 4.57. The summed E-state index contributed by atoms with van der Waals surface area (Å²) in [4.78, 5) is 0. The average molecular weight is 351 g/mol. The second kappa shape index (κ2) is 13.7. The molecule has 26 heavy (non-hydrogen) atoms. The predicted octanol–water partition coefficient (Wildman–Crippen LogP) is 8.13. The van der Waals surface area contributed by atoms with Gasteiger partial charge in [0.25, 0.3) is 0 Å². The van der Waals surface area contributed by atoms with Gasteiger partial charge in [0.05, 0.1) is 0 Å². The van der Waals surface area contributed by atoms with Crippen LogP contribution in [-0.2, 0) is 0 Å². The van der Waals surface area contributed by atoms with Gasteiger partial charge in [-0.05, 0) is 44.1 Å². The smallest absolute Gasteiger partial charge is 0.135 e. The molecule has 1 nitrogen and oxygen atoms in total. The molecule has 0 radical (unpaired) electrons. The largest absolute Gasteiger partial charge is 0.456 e. The third-order valence-corrected chi connectivity index (χ3v) is 3.56. The van der Waals surface area contributed by atoms with Gasteiger partial charge in [0.1, 0.15) is 11.5 Å². The summed E-state index contributed by atoms with van der Waals surface area (Å²) in [6.07, 6.45) is 5.67. The van der Waals surface area contributed by atoms with Crippen molar-refractivity contribution >= 4 is 0 Å². The molecule has 0 spiro atoms. The van der Waals surface area contributed by atoms with Crippen LogP contribution in [0.15, 0.2) is 84.7 Å². The second-order valence-electron chi connectivity index (χ2n) is 5.20. The number of para-hydroxylation sites is 1. The minimum Gasteiger partial charge on any atom is -0.456 e.